The van der Waals surface area contributed by atoms with E-state index in [0.717, 1.165) is 23.4 Å². The van der Waals surface area contributed by atoms with Crippen LogP contribution in [0.4, 0.5) is 17.3 Å². The number of aromatic nitrogens is 2. The number of hydrogen-bond donors (Lipinski definition) is 2. The third kappa shape index (κ3) is 4.20. The molecule has 25 heavy (non-hydrogen) atoms. The number of nitrogens with zero attached hydrogens (tertiary/aromatic N) is 2. The summed E-state index contributed by atoms with van der Waals surface area (Å²) in [5, 5.41) is 6.03. The van der Waals surface area contributed by atoms with Gasteiger partial charge in [-0.05, 0) is 43.2 Å². The van der Waals surface area contributed by atoms with Gasteiger partial charge < -0.3 is 10.6 Å². The Hall–Kier alpha value is -3.21. The van der Waals surface area contributed by atoms with Crippen molar-refractivity contribution < 1.29 is 4.79 Å². The zero-order chi connectivity index (χ0) is 17.6. The normalized spacial score (nSPS) is 10.3. The summed E-state index contributed by atoms with van der Waals surface area (Å²) >= 11 is 0. The Balaban J connectivity index is 1.76. The SMILES string of the molecule is CCc1ccccc1Nc1nccc(C(=O)Nc2ccc(C)cc2)n1. The molecule has 0 aliphatic heterocycles. The predicted octanol–water partition coefficient (Wildman–Crippen LogP) is 4.34. The lowest BCUT2D eigenvalue weighted by molar-refractivity contribution is 0.102. The van der Waals surface area contributed by atoms with Crippen LogP contribution in [0.15, 0.2) is 60.8 Å². The molecular formula is C20H20N4O. The van der Waals surface area contributed by atoms with Gasteiger partial charge in [0, 0.05) is 17.6 Å². The predicted molar refractivity (Wildman–Crippen MR) is 100 cm³/mol. The summed E-state index contributed by atoms with van der Waals surface area (Å²) in [6, 6.07) is 17.2. The average molecular weight is 332 g/mol. The van der Waals surface area contributed by atoms with Crippen LogP contribution in [-0.2, 0) is 6.42 Å². The van der Waals surface area contributed by atoms with Crippen LogP contribution in [0.5, 0.6) is 0 Å². The van der Waals surface area contributed by atoms with Crippen molar-refractivity contribution in [2.45, 2.75) is 20.3 Å². The number of nitrogens with one attached hydrogen (secondary N) is 2. The Labute approximate surface area is 147 Å². The molecule has 0 atom stereocenters. The molecule has 0 saturated carbocycles. The van der Waals surface area contributed by atoms with Gasteiger partial charge in [-0.25, -0.2) is 9.97 Å². The number of carbonyl (C=O) groups excluding carboxylic acids is 1. The monoisotopic (exact) mass is 332 g/mol. The maximum absolute atomic E-state index is 12.4. The highest BCUT2D eigenvalue weighted by atomic mass is 16.1. The topological polar surface area (TPSA) is 66.9 Å². The number of para-hydroxylation sites is 1. The zero-order valence-electron chi connectivity index (χ0n) is 14.3. The van der Waals surface area contributed by atoms with Crippen molar-refractivity contribution in [1.82, 2.24) is 9.97 Å². The molecular weight excluding hydrogens is 312 g/mol. The molecule has 0 fully saturated rings. The van der Waals surface area contributed by atoms with E-state index in [-0.39, 0.29) is 5.91 Å². The van der Waals surface area contributed by atoms with Crippen molar-refractivity contribution in [3.63, 3.8) is 0 Å². The van der Waals surface area contributed by atoms with E-state index >= 15 is 0 Å². The molecule has 0 bridgehead atoms. The number of anilines is 3. The van der Waals surface area contributed by atoms with Gasteiger partial charge in [0.1, 0.15) is 5.69 Å². The van der Waals surface area contributed by atoms with Gasteiger partial charge >= 0.3 is 0 Å². The molecule has 3 aromatic rings. The van der Waals surface area contributed by atoms with E-state index in [2.05, 4.69) is 33.6 Å². The van der Waals surface area contributed by atoms with E-state index in [4.69, 9.17) is 0 Å². The first-order chi connectivity index (χ1) is 12.2. The van der Waals surface area contributed by atoms with Crippen molar-refractivity contribution in [2.75, 3.05) is 10.6 Å². The second-order valence-electron chi connectivity index (χ2n) is 5.72. The Morgan fingerprint density at radius 3 is 2.56 bits per heavy atom. The standard InChI is InChI=1S/C20H20N4O/c1-3-15-6-4-5-7-17(15)23-20-21-13-12-18(24-20)19(25)22-16-10-8-14(2)9-11-16/h4-13H,3H2,1-2H3,(H,22,25)(H,21,23,24). The fourth-order valence-electron chi connectivity index (χ4n) is 2.45. The van der Waals surface area contributed by atoms with Crippen molar-refractivity contribution in [3.05, 3.63) is 77.6 Å². The molecule has 1 heterocycles. The number of hydrogen-bond acceptors (Lipinski definition) is 4. The lowest BCUT2D eigenvalue weighted by Crippen LogP contribution is -2.14. The molecule has 1 aromatic heterocycles. The van der Waals surface area contributed by atoms with Crippen molar-refractivity contribution in [3.8, 4) is 0 Å². The summed E-state index contributed by atoms with van der Waals surface area (Å²) in [4.78, 5) is 20.9. The summed E-state index contributed by atoms with van der Waals surface area (Å²) in [6.45, 7) is 4.09. The van der Waals surface area contributed by atoms with E-state index in [0.29, 0.717) is 11.6 Å². The molecule has 3 rings (SSSR count). The van der Waals surface area contributed by atoms with E-state index in [9.17, 15) is 4.79 Å². The fraction of sp³-hybridized carbons (Fsp3) is 0.150. The first-order valence-electron chi connectivity index (χ1n) is 8.21. The minimum absolute atomic E-state index is 0.266. The second kappa shape index (κ2) is 7.57. The van der Waals surface area contributed by atoms with Gasteiger partial charge in [-0.1, -0.05) is 42.8 Å². The van der Waals surface area contributed by atoms with Gasteiger partial charge in [0.2, 0.25) is 5.95 Å². The number of benzene rings is 2. The van der Waals surface area contributed by atoms with Crippen LogP contribution in [0, 0.1) is 6.92 Å². The van der Waals surface area contributed by atoms with Crippen LogP contribution >= 0.6 is 0 Å². The highest BCUT2D eigenvalue weighted by Gasteiger charge is 2.10. The van der Waals surface area contributed by atoms with Gasteiger partial charge in [-0.3, -0.25) is 4.79 Å². The number of carbonyl (C=O) groups is 1. The second-order valence-corrected chi connectivity index (χ2v) is 5.72. The zero-order valence-corrected chi connectivity index (χ0v) is 14.3. The van der Waals surface area contributed by atoms with Crippen LogP contribution in [0.25, 0.3) is 0 Å². The molecule has 5 nitrogen and oxygen atoms in total. The molecule has 0 spiro atoms. The van der Waals surface area contributed by atoms with Gasteiger partial charge in [-0.2, -0.15) is 0 Å². The smallest absolute Gasteiger partial charge is 0.274 e. The van der Waals surface area contributed by atoms with Crippen LogP contribution in [0.3, 0.4) is 0 Å². The highest BCUT2D eigenvalue weighted by molar-refractivity contribution is 6.03. The number of rotatable bonds is 5. The maximum Gasteiger partial charge on any atom is 0.274 e. The molecule has 0 unspecified atom stereocenters. The maximum atomic E-state index is 12.4. The van der Waals surface area contributed by atoms with E-state index in [1.165, 1.54) is 5.56 Å². The third-order valence-corrected chi connectivity index (χ3v) is 3.84. The van der Waals surface area contributed by atoms with Crippen molar-refractivity contribution in [1.29, 1.82) is 0 Å². The molecule has 5 heteroatoms. The molecule has 0 aliphatic carbocycles. The summed E-state index contributed by atoms with van der Waals surface area (Å²) in [6.07, 6.45) is 2.48. The fourth-order valence-corrected chi connectivity index (χ4v) is 2.45. The molecule has 0 saturated heterocycles. The van der Waals surface area contributed by atoms with Gasteiger partial charge in [0.05, 0.1) is 0 Å². The number of aryl methyl sites for hydroxylation is 2. The summed E-state index contributed by atoms with van der Waals surface area (Å²) in [5.41, 5.74) is 4.30. The van der Waals surface area contributed by atoms with Gasteiger partial charge in [0.15, 0.2) is 0 Å². The molecule has 126 valence electrons. The summed E-state index contributed by atoms with van der Waals surface area (Å²) < 4.78 is 0. The average Bonchev–Trinajstić information content (AvgIpc) is 2.64. The van der Waals surface area contributed by atoms with Crippen LogP contribution in [0.2, 0.25) is 0 Å². The minimum atomic E-state index is -0.266. The first kappa shape index (κ1) is 16.6. The summed E-state index contributed by atoms with van der Waals surface area (Å²) in [7, 11) is 0. The van der Waals surface area contributed by atoms with Crippen LogP contribution in [-0.4, -0.2) is 15.9 Å². The lowest BCUT2D eigenvalue weighted by atomic mass is 10.1. The molecule has 2 aromatic carbocycles. The van der Waals surface area contributed by atoms with Gasteiger partial charge in [0.25, 0.3) is 5.91 Å². The summed E-state index contributed by atoms with van der Waals surface area (Å²) in [5.74, 6) is 0.135. The van der Waals surface area contributed by atoms with Crippen molar-refractivity contribution >= 4 is 23.2 Å². The number of amides is 1. The molecule has 2 N–H and O–H groups in total. The quantitative estimate of drug-likeness (QED) is 0.729. The van der Waals surface area contributed by atoms with Crippen LogP contribution < -0.4 is 10.6 Å². The van der Waals surface area contributed by atoms with Crippen LogP contribution in [0.1, 0.15) is 28.5 Å². The largest absolute Gasteiger partial charge is 0.324 e. The Kier molecular flexibility index (Phi) is 5.04. The minimum Gasteiger partial charge on any atom is -0.324 e. The van der Waals surface area contributed by atoms with E-state index in [1.807, 2.05) is 49.4 Å². The van der Waals surface area contributed by atoms with E-state index in [1.54, 1.807) is 12.3 Å². The van der Waals surface area contributed by atoms with Gasteiger partial charge in [-0.15, -0.1) is 0 Å². The van der Waals surface area contributed by atoms with Crippen molar-refractivity contribution in [2.24, 2.45) is 0 Å². The Bertz CT molecular complexity index is 875. The highest BCUT2D eigenvalue weighted by Crippen LogP contribution is 2.19. The Morgan fingerprint density at radius 2 is 1.80 bits per heavy atom. The first-order valence-corrected chi connectivity index (χ1v) is 8.21. The molecule has 1 amide bonds. The Morgan fingerprint density at radius 1 is 1.04 bits per heavy atom. The molecule has 0 radical (unpaired) electrons. The lowest BCUT2D eigenvalue weighted by Gasteiger charge is -2.10. The third-order valence-electron chi connectivity index (χ3n) is 3.84. The van der Waals surface area contributed by atoms with E-state index < -0.39 is 0 Å². The molecule has 0 aliphatic rings.